The Hall–Kier alpha value is -0.315. The molecule has 0 saturated carbocycles. The fourth-order valence-corrected chi connectivity index (χ4v) is 2.91. The Bertz CT molecular complexity index is 382. The molecule has 0 aromatic carbocycles. The third kappa shape index (κ3) is 2.59. The lowest BCUT2D eigenvalue weighted by Gasteiger charge is -2.32. The molecule has 0 unspecified atom stereocenters. The molecule has 0 bridgehead atoms. The van der Waals surface area contributed by atoms with Crippen LogP contribution in [0.15, 0.2) is 12.1 Å². The maximum Gasteiger partial charge on any atom is 0.463 e. The van der Waals surface area contributed by atoms with E-state index in [9.17, 15) is 0 Å². The molecular formula is C13H21BO2S. The van der Waals surface area contributed by atoms with Gasteiger partial charge in [-0.3, -0.25) is 0 Å². The molecule has 0 atom stereocenters. The van der Waals surface area contributed by atoms with Gasteiger partial charge < -0.3 is 9.31 Å². The van der Waals surface area contributed by atoms with Gasteiger partial charge in [-0.25, -0.2) is 0 Å². The quantitative estimate of drug-likeness (QED) is 0.767. The van der Waals surface area contributed by atoms with Crippen LogP contribution in [-0.2, 0) is 22.0 Å². The van der Waals surface area contributed by atoms with Gasteiger partial charge in [0.15, 0.2) is 0 Å². The Morgan fingerprint density at radius 1 is 1.06 bits per heavy atom. The molecule has 94 valence electrons. The number of aryl methyl sites for hydroxylation is 1. The topological polar surface area (TPSA) is 18.5 Å². The third-order valence-electron chi connectivity index (χ3n) is 3.74. The van der Waals surface area contributed by atoms with Gasteiger partial charge in [-0.1, -0.05) is 6.92 Å². The predicted molar refractivity (Wildman–Crippen MR) is 73.5 cm³/mol. The molecule has 2 heterocycles. The van der Waals surface area contributed by atoms with Crippen molar-refractivity contribution in [1.29, 1.82) is 0 Å². The van der Waals surface area contributed by atoms with E-state index in [0.29, 0.717) is 0 Å². The van der Waals surface area contributed by atoms with Crippen LogP contribution in [-0.4, -0.2) is 18.3 Å². The van der Waals surface area contributed by atoms with Crippen molar-refractivity contribution in [2.45, 2.75) is 58.6 Å². The van der Waals surface area contributed by atoms with E-state index < -0.39 is 0 Å². The average Bonchev–Trinajstić information content (AvgIpc) is 2.70. The summed E-state index contributed by atoms with van der Waals surface area (Å²) in [4.78, 5) is 2.77. The maximum atomic E-state index is 6.00. The number of rotatable bonds is 3. The largest absolute Gasteiger partial charge is 0.463 e. The SMILES string of the molecule is CCc1ccc(CB2OC(C)(C)C(C)(C)O2)s1. The molecule has 17 heavy (non-hydrogen) atoms. The predicted octanol–water partition coefficient (Wildman–Crippen LogP) is 3.48. The lowest BCUT2D eigenvalue weighted by atomic mass is 9.84. The molecule has 2 nitrogen and oxygen atoms in total. The van der Waals surface area contributed by atoms with E-state index >= 15 is 0 Å². The smallest absolute Gasteiger partial charge is 0.403 e. The van der Waals surface area contributed by atoms with Gasteiger partial charge >= 0.3 is 7.12 Å². The van der Waals surface area contributed by atoms with Gasteiger partial charge in [0, 0.05) is 16.1 Å². The summed E-state index contributed by atoms with van der Waals surface area (Å²) < 4.78 is 12.0. The molecule has 4 heteroatoms. The molecule has 1 aromatic rings. The standard InChI is InChI=1S/C13H21BO2S/c1-6-10-7-8-11(17-10)9-14-15-12(2,3)13(4,5)16-14/h7-8H,6,9H2,1-5H3. The normalized spacial score (nSPS) is 22.1. The second-order valence-electron chi connectivity index (χ2n) is 5.61. The monoisotopic (exact) mass is 252 g/mol. The first-order valence-electron chi connectivity index (χ1n) is 6.27. The van der Waals surface area contributed by atoms with Crippen LogP contribution < -0.4 is 0 Å². The molecular weight excluding hydrogens is 231 g/mol. The molecule has 0 amide bonds. The van der Waals surface area contributed by atoms with Crippen LogP contribution in [0.25, 0.3) is 0 Å². The summed E-state index contributed by atoms with van der Waals surface area (Å²) in [6.07, 6.45) is 1.96. The van der Waals surface area contributed by atoms with Gasteiger partial charge in [-0.05, 0) is 46.2 Å². The summed E-state index contributed by atoms with van der Waals surface area (Å²) in [5.41, 5.74) is -0.439. The Labute approximate surface area is 108 Å². The molecule has 1 fully saturated rings. The van der Waals surface area contributed by atoms with E-state index in [0.717, 1.165) is 12.7 Å². The van der Waals surface area contributed by atoms with E-state index in [2.05, 4.69) is 46.8 Å². The molecule has 0 N–H and O–H groups in total. The molecule has 0 spiro atoms. The zero-order chi connectivity index (χ0) is 12.7. The van der Waals surface area contributed by atoms with Crippen LogP contribution in [0.3, 0.4) is 0 Å². The van der Waals surface area contributed by atoms with E-state index in [1.54, 1.807) is 0 Å². The van der Waals surface area contributed by atoms with Gasteiger partial charge in [0.25, 0.3) is 0 Å². The van der Waals surface area contributed by atoms with Crippen LogP contribution in [0.5, 0.6) is 0 Å². The molecule has 2 rings (SSSR count). The van der Waals surface area contributed by atoms with Crippen LogP contribution in [0.1, 0.15) is 44.4 Å². The zero-order valence-electron chi connectivity index (χ0n) is 11.4. The van der Waals surface area contributed by atoms with E-state index in [4.69, 9.17) is 9.31 Å². The summed E-state index contributed by atoms with van der Waals surface area (Å²) in [6, 6.07) is 4.39. The van der Waals surface area contributed by atoms with Crippen LogP contribution >= 0.6 is 11.3 Å². The number of hydrogen-bond acceptors (Lipinski definition) is 3. The maximum absolute atomic E-state index is 6.00. The zero-order valence-corrected chi connectivity index (χ0v) is 12.2. The van der Waals surface area contributed by atoms with Crippen molar-refractivity contribution in [3.8, 4) is 0 Å². The Morgan fingerprint density at radius 2 is 1.59 bits per heavy atom. The van der Waals surface area contributed by atoms with Crippen molar-refractivity contribution in [2.75, 3.05) is 0 Å². The summed E-state index contributed by atoms with van der Waals surface area (Å²) in [7, 11) is -0.108. The molecule has 1 aliphatic rings. The summed E-state index contributed by atoms with van der Waals surface area (Å²) in [5.74, 6) is 0. The fraction of sp³-hybridized carbons (Fsp3) is 0.692. The number of hydrogen-bond donors (Lipinski definition) is 0. The highest BCUT2D eigenvalue weighted by atomic mass is 32.1. The summed E-state index contributed by atoms with van der Waals surface area (Å²) in [5, 5.41) is 0. The van der Waals surface area contributed by atoms with E-state index in [1.165, 1.54) is 9.75 Å². The minimum absolute atomic E-state index is 0.108. The van der Waals surface area contributed by atoms with Crippen molar-refractivity contribution in [1.82, 2.24) is 0 Å². The molecule has 1 aliphatic heterocycles. The molecule has 0 aliphatic carbocycles. The molecule has 1 aromatic heterocycles. The van der Waals surface area contributed by atoms with Gasteiger partial charge in [-0.15, -0.1) is 11.3 Å². The van der Waals surface area contributed by atoms with Gasteiger partial charge in [0.2, 0.25) is 0 Å². The first-order chi connectivity index (χ1) is 7.84. The van der Waals surface area contributed by atoms with Crippen LogP contribution in [0.2, 0.25) is 0 Å². The number of thiophene rings is 1. The second kappa shape index (κ2) is 4.41. The lowest BCUT2D eigenvalue weighted by Crippen LogP contribution is -2.41. The van der Waals surface area contributed by atoms with E-state index in [-0.39, 0.29) is 18.3 Å². The van der Waals surface area contributed by atoms with Gasteiger partial charge in [-0.2, -0.15) is 0 Å². The summed E-state index contributed by atoms with van der Waals surface area (Å²) in [6.45, 7) is 10.6. The van der Waals surface area contributed by atoms with Gasteiger partial charge in [0.1, 0.15) is 0 Å². The highest BCUT2D eigenvalue weighted by Crippen LogP contribution is 2.37. The first kappa shape index (κ1) is 13.1. The first-order valence-corrected chi connectivity index (χ1v) is 7.09. The van der Waals surface area contributed by atoms with Crippen molar-refractivity contribution >= 4 is 18.5 Å². The molecule has 0 radical (unpaired) electrons. The van der Waals surface area contributed by atoms with Crippen LogP contribution in [0, 0.1) is 0 Å². The highest BCUT2D eigenvalue weighted by Gasteiger charge is 2.50. The highest BCUT2D eigenvalue weighted by molar-refractivity contribution is 7.12. The Kier molecular flexibility index (Phi) is 3.41. The Balaban J connectivity index is 2.02. The lowest BCUT2D eigenvalue weighted by molar-refractivity contribution is 0.00578. The third-order valence-corrected chi connectivity index (χ3v) is 4.99. The van der Waals surface area contributed by atoms with Crippen LogP contribution in [0.4, 0.5) is 0 Å². The van der Waals surface area contributed by atoms with Crippen molar-refractivity contribution in [3.63, 3.8) is 0 Å². The van der Waals surface area contributed by atoms with Crippen molar-refractivity contribution in [3.05, 3.63) is 21.9 Å². The minimum atomic E-state index is -0.220. The second-order valence-corrected chi connectivity index (χ2v) is 6.86. The average molecular weight is 252 g/mol. The molecule has 1 saturated heterocycles. The Morgan fingerprint density at radius 3 is 2.06 bits per heavy atom. The van der Waals surface area contributed by atoms with Crippen molar-refractivity contribution in [2.24, 2.45) is 0 Å². The summed E-state index contributed by atoms with van der Waals surface area (Å²) >= 11 is 1.86. The van der Waals surface area contributed by atoms with Gasteiger partial charge in [0.05, 0.1) is 11.2 Å². The van der Waals surface area contributed by atoms with Crippen molar-refractivity contribution < 1.29 is 9.31 Å². The fourth-order valence-electron chi connectivity index (χ4n) is 1.93. The van der Waals surface area contributed by atoms with E-state index in [1.807, 2.05) is 11.3 Å². The minimum Gasteiger partial charge on any atom is -0.403 e.